The van der Waals surface area contributed by atoms with Gasteiger partial charge in [-0.1, -0.05) is 32.6 Å². The largest absolute Gasteiger partial charge is 0.377 e. The van der Waals surface area contributed by atoms with Crippen molar-refractivity contribution in [2.24, 2.45) is 5.92 Å². The Morgan fingerprint density at radius 2 is 1.71 bits per heavy atom. The van der Waals surface area contributed by atoms with Crippen LogP contribution in [-0.2, 0) is 14.6 Å². The van der Waals surface area contributed by atoms with Gasteiger partial charge in [0.1, 0.15) is 0 Å². The zero-order chi connectivity index (χ0) is 15.3. The van der Waals surface area contributed by atoms with Crippen LogP contribution in [0, 0.1) is 5.92 Å². The predicted octanol–water partition coefficient (Wildman–Crippen LogP) is 2.53. The van der Waals surface area contributed by atoms with E-state index in [1.165, 1.54) is 31.9 Å². The smallest absolute Gasteiger partial charge is 0.151 e. The average Bonchev–Trinajstić information content (AvgIpc) is 2.45. The summed E-state index contributed by atoms with van der Waals surface area (Å²) in [5, 5.41) is 3.22. The molecule has 0 unspecified atom stereocenters. The number of hydrogen-bond acceptors (Lipinski definition) is 4. The van der Waals surface area contributed by atoms with Gasteiger partial charge in [-0.3, -0.25) is 0 Å². The summed E-state index contributed by atoms with van der Waals surface area (Å²) in [6.07, 6.45) is 10.8. The molecule has 2 aliphatic carbocycles. The molecule has 124 valence electrons. The highest BCUT2D eigenvalue weighted by Gasteiger charge is 2.32. The van der Waals surface area contributed by atoms with E-state index in [4.69, 9.17) is 4.74 Å². The quantitative estimate of drug-likeness (QED) is 0.765. The van der Waals surface area contributed by atoms with E-state index in [1.807, 2.05) is 0 Å². The summed E-state index contributed by atoms with van der Waals surface area (Å²) in [5.74, 6) is 0.664. The Bertz CT molecular complexity index is 410. The van der Waals surface area contributed by atoms with Crippen LogP contribution in [0.25, 0.3) is 0 Å². The van der Waals surface area contributed by atoms with E-state index >= 15 is 0 Å². The van der Waals surface area contributed by atoms with Crippen molar-refractivity contribution in [1.29, 1.82) is 0 Å². The maximum atomic E-state index is 11.8. The van der Waals surface area contributed by atoms with Crippen LogP contribution < -0.4 is 5.32 Å². The topological polar surface area (TPSA) is 55.4 Å². The Balaban J connectivity index is 1.71. The molecule has 2 fully saturated rings. The third-order valence-corrected chi connectivity index (χ3v) is 6.79. The maximum absolute atomic E-state index is 11.8. The van der Waals surface area contributed by atoms with Crippen molar-refractivity contribution in [2.75, 3.05) is 19.4 Å². The minimum absolute atomic E-state index is 0.112. The van der Waals surface area contributed by atoms with Crippen molar-refractivity contribution >= 4 is 9.84 Å². The van der Waals surface area contributed by atoms with Crippen LogP contribution in [0.2, 0.25) is 0 Å². The Morgan fingerprint density at radius 1 is 1.05 bits per heavy atom. The average molecular weight is 317 g/mol. The molecule has 5 heteroatoms. The molecule has 0 heterocycles. The van der Waals surface area contributed by atoms with Crippen molar-refractivity contribution < 1.29 is 13.2 Å². The monoisotopic (exact) mass is 317 g/mol. The number of rotatable bonds is 6. The van der Waals surface area contributed by atoms with E-state index in [2.05, 4.69) is 12.2 Å². The number of ether oxygens (including phenoxy) is 1. The van der Waals surface area contributed by atoms with Crippen molar-refractivity contribution in [3.63, 3.8) is 0 Å². The third kappa shape index (κ3) is 5.22. The van der Waals surface area contributed by atoms with Gasteiger partial charge in [0.2, 0.25) is 0 Å². The third-order valence-electron chi connectivity index (χ3n) is 5.13. The Kier molecular flexibility index (Phi) is 6.51. The first-order valence-corrected chi connectivity index (χ1v) is 10.5. The van der Waals surface area contributed by atoms with E-state index in [1.54, 1.807) is 0 Å². The maximum Gasteiger partial charge on any atom is 0.151 e. The lowest BCUT2D eigenvalue weighted by molar-refractivity contribution is -0.00409. The number of hydrogen-bond donors (Lipinski definition) is 1. The normalized spacial score (nSPS) is 34.8. The Morgan fingerprint density at radius 3 is 2.43 bits per heavy atom. The van der Waals surface area contributed by atoms with Crippen LogP contribution in [-0.4, -0.2) is 45.2 Å². The van der Waals surface area contributed by atoms with Gasteiger partial charge in [0.15, 0.2) is 9.84 Å². The summed E-state index contributed by atoms with van der Waals surface area (Å²) < 4.78 is 29.7. The van der Waals surface area contributed by atoms with Crippen LogP contribution in [0.1, 0.15) is 58.3 Å². The summed E-state index contributed by atoms with van der Waals surface area (Å²) in [6, 6.07) is 0.112. The molecule has 0 amide bonds. The minimum Gasteiger partial charge on any atom is -0.377 e. The Hall–Kier alpha value is -0.130. The highest BCUT2D eigenvalue weighted by Crippen LogP contribution is 2.26. The Labute approximate surface area is 129 Å². The van der Waals surface area contributed by atoms with E-state index in [9.17, 15) is 8.42 Å². The van der Waals surface area contributed by atoms with Gasteiger partial charge in [0, 0.05) is 18.8 Å². The van der Waals surface area contributed by atoms with Gasteiger partial charge < -0.3 is 10.1 Å². The molecule has 0 aromatic carbocycles. The summed E-state index contributed by atoms with van der Waals surface area (Å²) in [7, 11) is -2.94. The molecule has 4 atom stereocenters. The summed E-state index contributed by atoms with van der Waals surface area (Å²) in [5.41, 5.74) is 0. The zero-order valence-electron chi connectivity index (χ0n) is 13.5. The molecular weight excluding hydrogens is 286 g/mol. The first kappa shape index (κ1) is 17.2. The van der Waals surface area contributed by atoms with Crippen LogP contribution in [0.4, 0.5) is 0 Å². The van der Waals surface area contributed by atoms with E-state index < -0.39 is 9.84 Å². The fourth-order valence-electron chi connectivity index (χ4n) is 3.83. The molecule has 0 bridgehead atoms. The van der Waals surface area contributed by atoms with Gasteiger partial charge in [-0.2, -0.15) is 0 Å². The first-order chi connectivity index (χ1) is 9.98. The molecule has 0 aromatic rings. The van der Waals surface area contributed by atoms with Crippen molar-refractivity contribution in [3.8, 4) is 0 Å². The lowest BCUT2D eigenvalue weighted by Gasteiger charge is -2.32. The molecule has 21 heavy (non-hydrogen) atoms. The van der Waals surface area contributed by atoms with Gasteiger partial charge in [-0.15, -0.1) is 0 Å². The van der Waals surface area contributed by atoms with E-state index in [0.717, 1.165) is 32.2 Å². The lowest BCUT2D eigenvalue weighted by atomic mass is 9.88. The fraction of sp³-hybridized carbons (Fsp3) is 1.00. The molecule has 4 nitrogen and oxygen atoms in total. The van der Waals surface area contributed by atoms with Gasteiger partial charge in [-0.05, 0) is 31.6 Å². The van der Waals surface area contributed by atoms with Crippen LogP contribution in [0.3, 0.4) is 0 Å². The molecule has 1 N–H and O–H groups in total. The molecule has 2 aliphatic rings. The second-order valence-electron chi connectivity index (χ2n) is 6.88. The fourth-order valence-corrected chi connectivity index (χ4v) is 5.25. The molecule has 0 aliphatic heterocycles. The first-order valence-electron chi connectivity index (χ1n) is 8.52. The predicted molar refractivity (Wildman–Crippen MR) is 86.3 cm³/mol. The van der Waals surface area contributed by atoms with Gasteiger partial charge in [0.05, 0.1) is 18.0 Å². The number of sulfone groups is 1. The summed E-state index contributed by atoms with van der Waals surface area (Å²) in [4.78, 5) is 0. The highest BCUT2D eigenvalue weighted by molar-refractivity contribution is 7.91. The van der Waals surface area contributed by atoms with Crippen LogP contribution >= 0.6 is 0 Å². The minimum atomic E-state index is -2.94. The molecule has 0 saturated heterocycles. The van der Waals surface area contributed by atoms with Gasteiger partial charge in [-0.25, -0.2) is 8.42 Å². The molecule has 2 saturated carbocycles. The van der Waals surface area contributed by atoms with Gasteiger partial charge in [0.25, 0.3) is 0 Å². The zero-order valence-corrected chi connectivity index (χ0v) is 14.3. The van der Waals surface area contributed by atoms with Gasteiger partial charge >= 0.3 is 0 Å². The molecule has 0 aromatic heterocycles. The molecule has 2 rings (SSSR count). The van der Waals surface area contributed by atoms with Crippen molar-refractivity contribution in [1.82, 2.24) is 5.32 Å². The SMILES string of the molecule is C[C@@H]1CCCC[C@@H]1OCCN[C@@H]1CCCC[C@H]1S(C)(=O)=O. The lowest BCUT2D eigenvalue weighted by Crippen LogP contribution is -2.47. The molecule has 0 radical (unpaired) electrons. The van der Waals surface area contributed by atoms with Crippen LogP contribution in [0.15, 0.2) is 0 Å². The van der Waals surface area contributed by atoms with Crippen molar-refractivity contribution in [2.45, 2.75) is 75.7 Å². The highest BCUT2D eigenvalue weighted by atomic mass is 32.2. The standard InChI is InChI=1S/C16H31NO3S/c1-13-7-3-5-9-15(13)20-12-11-17-14-8-4-6-10-16(14)21(2,18)19/h13-17H,3-12H2,1-2H3/t13-,14-,15+,16-/m1/s1. The van der Waals surface area contributed by atoms with E-state index in [0.29, 0.717) is 18.6 Å². The second kappa shape index (κ2) is 7.93. The van der Waals surface area contributed by atoms with Crippen LogP contribution in [0.5, 0.6) is 0 Å². The molecule has 0 spiro atoms. The van der Waals surface area contributed by atoms with Crippen molar-refractivity contribution in [3.05, 3.63) is 0 Å². The molecular formula is C16H31NO3S. The summed E-state index contributed by atoms with van der Waals surface area (Å²) >= 11 is 0. The second-order valence-corrected chi connectivity index (χ2v) is 9.15. The summed E-state index contributed by atoms with van der Waals surface area (Å²) in [6.45, 7) is 3.74. The number of nitrogens with one attached hydrogen (secondary N) is 1. The van der Waals surface area contributed by atoms with E-state index in [-0.39, 0.29) is 11.3 Å².